The molecule has 3 nitrogen and oxygen atoms in total. The van der Waals surface area contributed by atoms with Crippen molar-refractivity contribution in [2.75, 3.05) is 12.3 Å². The van der Waals surface area contributed by atoms with E-state index < -0.39 is 0 Å². The normalized spacial score (nSPS) is 13.1. The predicted octanol–water partition coefficient (Wildman–Crippen LogP) is 3.13. The van der Waals surface area contributed by atoms with E-state index in [1.165, 1.54) is 5.56 Å². The SMILES string of the molecule is CCNC(CSc1nc(C)c(C)c(C)n1)C(C)C. The molecule has 0 saturated heterocycles. The zero-order valence-electron chi connectivity index (χ0n) is 12.4. The molecule has 0 aromatic carbocycles. The summed E-state index contributed by atoms with van der Waals surface area (Å²) in [6, 6.07) is 0.519. The van der Waals surface area contributed by atoms with Crippen LogP contribution >= 0.6 is 11.8 Å². The monoisotopic (exact) mass is 267 g/mol. The van der Waals surface area contributed by atoms with E-state index in [-0.39, 0.29) is 0 Å². The zero-order chi connectivity index (χ0) is 13.7. The van der Waals surface area contributed by atoms with Gasteiger partial charge in [-0.3, -0.25) is 0 Å². The molecule has 1 rings (SSSR count). The maximum Gasteiger partial charge on any atom is 0.188 e. The summed E-state index contributed by atoms with van der Waals surface area (Å²) in [7, 11) is 0. The van der Waals surface area contributed by atoms with Gasteiger partial charge in [-0.15, -0.1) is 0 Å². The van der Waals surface area contributed by atoms with E-state index in [9.17, 15) is 0 Å². The predicted molar refractivity (Wildman–Crippen MR) is 79.3 cm³/mol. The van der Waals surface area contributed by atoms with Gasteiger partial charge >= 0.3 is 0 Å². The molecule has 0 radical (unpaired) electrons. The minimum absolute atomic E-state index is 0.519. The van der Waals surface area contributed by atoms with Gasteiger partial charge < -0.3 is 5.32 Å². The van der Waals surface area contributed by atoms with Crippen molar-refractivity contribution < 1.29 is 0 Å². The summed E-state index contributed by atoms with van der Waals surface area (Å²) in [6.45, 7) is 13.8. The van der Waals surface area contributed by atoms with E-state index in [0.717, 1.165) is 28.8 Å². The Morgan fingerprint density at radius 3 is 2.11 bits per heavy atom. The van der Waals surface area contributed by atoms with E-state index in [1.54, 1.807) is 11.8 Å². The lowest BCUT2D eigenvalue weighted by molar-refractivity contribution is 0.443. The van der Waals surface area contributed by atoms with E-state index >= 15 is 0 Å². The molecular weight excluding hydrogens is 242 g/mol. The molecule has 1 aromatic heterocycles. The highest BCUT2D eigenvalue weighted by molar-refractivity contribution is 7.99. The van der Waals surface area contributed by atoms with Gasteiger partial charge in [-0.1, -0.05) is 32.5 Å². The molecule has 1 heterocycles. The van der Waals surface area contributed by atoms with Crippen LogP contribution in [0.4, 0.5) is 0 Å². The number of nitrogens with zero attached hydrogens (tertiary/aromatic N) is 2. The third kappa shape index (κ3) is 4.25. The fourth-order valence-corrected chi connectivity index (χ4v) is 2.95. The molecule has 0 amide bonds. The Morgan fingerprint density at radius 1 is 1.11 bits per heavy atom. The molecule has 0 fully saturated rings. The number of aromatic nitrogens is 2. The number of hydrogen-bond acceptors (Lipinski definition) is 4. The summed E-state index contributed by atoms with van der Waals surface area (Å²) in [5.41, 5.74) is 3.38. The molecule has 0 aliphatic rings. The van der Waals surface area contributed by atoms with Crippen molar-refractivity contribution in [1.29, 1.82) is 0 Å². The van der Waals surface area contributed by atoms with Crippen LogP contribution in [0.5, 0.6) is 0 Å². The highest BCUT2D eigenvalue weighted by Gasteiger charge is 2.13. The molecule has 1 atom stereocenters. The molecule has 1 unspecified atom stereocenters. The molecule has 102 valence electrons. The van der Waals surface area contributed by atoms with Crippen molar-refractivity contribution in [2.24, 2.45) is 5.92 Å². The van der Waals surface area contributed by atoms with Crippen LogP contribution in [-0.4, -0.2) is 28.3 Å². The second-order valence-corrected chi connectivity index (χ2v) is 6.01. The average molecular weight is 267 g/mol. The van der Waals surface area contributed by atoms with Crippen molar-refractivity contribution in [3.05, 3.63) is 17.0 Å². The van der Waals surface area contributed by atoms with Gasteiger partial charge in [0.05, 0.1) is 0 Å². The quantitative estimate of drug-likeness (QED) is 0.635. The maximum atomic E-state index is 4.55. The fourth-order valence-electron chi connectivity index (χ4n) is 1.72. The van der Waals surface area contributed by atoms with Crippen LogP contribution in [0.15, 0.2) is 5.16 Å². The lowest BCUT2D eigenvalue weighted by atomic mass is 10.1. The van der Waals surface area contributed by atoms with Crippen molar-refractivity contribution in [3.63, 3.8) is 0 Å². The molecule has 0 spiro atoms. The lowest BCUT2D eigenvalue weighted by Gasteiger charge is -2.21. The Kier molecular flexibility index (Phi) is 6.09. The Bertz CT molecular complexity index is 368. The number of nitrogens with one attached hydrogen (secondary N) is 1. The minimum atomic E-state index is 0.519. The van der Waals surface area contributed by atoms with Gasteiger partial charge in [0, 0.05) is 23.2 Å². The van der Waals surface area contributed by atoms with E-state index in [0.29, 0.717) is 12.0 Å². The summed E-state index contributed by atoms with van der Waals surface area (Å²) in [5.74, 6) is 1.65. The summed E-state index contributed by atoms with van der Waals surface area (Å²) in [5, 5.41) is 4.42. The van der Waals surface area contributed by atoms with Gasteiger partial charge in [-0.05, 0) is 38.8 Å². The Labute approximate surface area is 115 Å². The topological polar surface area (TPSA) is 37.8 Å². The largest absolute Gasteiger partial charge is 0.313 e. The molecule has 0 bridgehead atoms. The van der Waals surface area contributed by atoms with Crippen molar-refractivity contribution in [1.82, 2.24) is 15.3 Å². The molecule has 1 N–H and O–H groups in total. The summed E-state index contributed by atoms with van der Waals surface area (Å²) < 4.78 is 0. The summed E-state index contributed by atoms with van der Waals surface area (Å²) in [4.78, 5) is 9.10. The van der Waals surface area contributed by atoms with E-state index in [2.05, 4.69) is 56.8 Å². The molecule has 4 heteroatoms. The van der Waals surface area contributed by atoms with Crippen LogP contribution < -0.4 is 5.32 Å². The van der Waals surface area contributed by atoms with E-state index in [1.807, 2.05) is 0 Å². The summed E-state index contributed by atoms with van der Waals surface area (Å²) in [6.07, 6.45) is 0. The molecular formula is C14H25N3S. The van der Waals surface area contributed by atoms with Crippen LogP contribution in [0.2, 0.25) is 0 Å². The maximum absolute atomic E-state index is 4.55. The number of rotatable bonds is 6. The third-order valence-corrected chi connectivity index (χ3v) is 4.24. The first kappa shape index (κ1) is 15.4. The molecule has 0 aliphatic carbocycles. The van der Waals surface area contributed by atoms with Crippen LogP contribution in [0.3, 0.4) is 0 Å². The molecule has 1 aromatic rings. The van der Waals surface area contributed by atoms with Gasteiger partial charge in [0.25, 0.3) is 0 Å². The first-order valence-corrected chi connectivity index (χ1v) is 7.62. The van der Waals surface area contributed by atoms with Crippen LogP contribution in [-0.2, 0) is 0 Å². The van der Waals surface area contributed by atoms with Gasteiger partial charge in [0.1, 0.15) is 0 Å². The number of thioether (sulfide) groups is 1. The third-order valence-electron chi connectivity index (χ3n) is 3.28. The Balaban J connectivity index is 2.67. The van der Waals surface area contributed by atoms with Crippen molar-refractivity contribution >= 4 is 11.8 Å². The first-order chi connectivity index (χ1) is 8.45. The number of hydrogen-bond donors (Lipinski definition) is 1. The van der Waals surface area contributed by atoms with E-state index in [4.69, 9.17) is 0 Å². The van der Waals surface area contributed by atoms with Crippen LogP contribution in [0, 0.1) is 26.7 Å². The van der Waals surface area contributed by atoms with Gasteiger partial charge in [-0.2, -0.15) is 0 Å². The van der Waals surface area contributed by atoms with Crippen LogP contribution in [0.1, 0.15) is 37.7 Å². The number of aryl methyl sites for hydroxylation is 2. The van der Waals surface area contributed by atoms with Gasteiger partial charge in [0.2, 0.25) is 0 Å². The van der Waals surface area contributed by atoms with Crippen molar-refractivity contribution in [2.45, 2.75) is 52.7 Å². The smallest absolute Gasteiger partial charge is 0.188 e. The first-order valence-electron chi connectivity index (χ1n) is 6.63. The fraction of sp³-hybridized carbons (Fsp3) is 0.714. The zero-order valence-corrected chi connectivity index (χ0v) is 13.2. The Hall–Kier alpha value is -0.610. The standard InChI is InChI=1S/C14H25N3S/c1-7-15-13(9(2)3)8-18-14-16-11(5)10(4)12(6)17-14/h9,13,15H,7-8H2,1-6H3. The Morgan fingerprint density at radius 2 is 1.67 bits per heavy atom. The highest BCUT2D eigenvalue weighted by Crippen LogP contribution is 2.19. The molecule has 18 heavy (non-hydrogen) atoms. The second-order valence-electron chi connectivity index (χ2n) is 5.02. The van der Waals surface area contributed by atoms with Gasteiger partial charge in [0.15, 0.2) is 5.16 Å². The average Bonchev–Trinajstić information content (AvgIpc) is 2.30. The second kappa shape index (κ2) is 7.10. The lowest BCUT2D eigenvalue weighted by Crippen LogP contribution is -2.35. The van der Waals surface area contributed by atoms with Crippen molar-refractivity contribution in [3.8, 4) is 0 Å². The van der Waals surface area contributed by atoms with Crippen LogP contribution in [0.25, 0.3) is 0 Å². The molecule has 0 aliphatic heterocycles. The molecule has 0 saturated carbocycles. The minimum Gasteiger partial charge on any atom is -0.313 e. The summed E-state index contributed by atoms with van der Waals surface area (Å²) >= 11 is 1.75. The highest BCUT2D eigenvalue weighted by atomic mass is 32.2. The van der Waals surface area contributed by atoms with Gasteiger partial charge in [-0.25, -0.2) is 9.97 Å².